The van der Waals surface area contributed by atoms with Crippen LogP contribution in [0.1, 0.15) is 155 Å². The van der Waals surface area contributed by atoms with Gasteiger partial charge in [0.1, 0.15) is 24.4 Å². The lowest BCUT2D eigenvalue weighted by Gasteiger charge is -2.40. The van der Waals surface area contributed by atoms with Crippen LogP contribution in [0.3, 0.4) is 0 Å². The van der Waals surface area contributed by atoms with Crippen LogP contribution < -0.4 is 5.32 Å². The summed E-state index contributed by atoms with van der Waals surface area (Å²) in [5.74, 6) is -0.162. The number of carbonyl (C=O) groups is 1. The lowest BCUT2D eigenvalue weighted by Crippen LogP contribution is -2.60. The molecule has 1 aliphatic heterocycles. The number of hydrogen-bond acceptors (Lipinski definition) is 8. The van der Waals surface area contributed by atoms with E-state index in [0.29, 0.717) is 12.8 Å². The molecule has 0 aromatic carbocycles. The van der Waals surface area contributed by atoms with Crippen LogP contribution in [-0.2, 0) is 14.3 Å². The molecule has 0 saturated carbocycles. The number of nitrogens with one attached hydrogen (secondary N) is 1. The van der Waals surface area contributed by atoms with Crippen LogP contribution in [0.4, 0.5) is 0 Å². The molecule has 7 unspecified atom stereocenters. The van der Waals surface area contributed by atoms with Gasteiger partial charge in [0.2, 0.25) is 5.91 Å². The fraction of sp³-hybridized carbons (Fsp3) is 0.786. The predicted octanol–water partition coefficient (Wildman–Crippen LogP) is 7.50. The van der Waals surface area contributed by atoms with Gasteiger partial charge in [-0.05, 0) is 51.4 Å². The molecule has 0 aliphatic carbocycles. The highest BCUT2D eigenvalue weighted by molar-refractivity contribution is 5.76. The Morgan fingerprint density at radius 2 is 1.22 bits per heavy atom. The zero-order chi connectivity index (χ0) is 37.4. The summed E-state index contributed by atoms with van der Waals surface area (Å²) < 4.78 is 11.1. The molecule has 296 valence electrons. The van der Waals surface area contributed by atoms with Gasteiger partial charge in [-0.15, -0.1) is 0 Å². The number of aliphatic hydroxyl groups excluding tert-OH is 5. The summed E-state index contributed by atoms with van der Waals surface area (Å²) in [4.78, 5) is 12.8. The van der Waals surface area contributed by atoms with Gasteiger partial charge >= 0.3 is 0 Å². The Kier molecular flexibility index (Phi) is 30.3. The molecule has 1 aliphatic rings. The molecule has 0 aromatic heterocycles. The number of rotatable bonds is 32. The summed E-state index contributed by atoms with van der Waals surface area (Å²) in [7, 11) is 0. The minimum absolute atomic E-state index is 0.145. The SMILES string of the molecule is CC/C=C\C/C=C\C/C=C\C/C=C\CCCCCCCCCCCCCCC(=O)NC(COC1OC(CO)C(O)C(O)C1O)C(O)CCCCC. The van der Waals surface area contributed by atoms with Crippen molar-refractivity contribution in [1.82, 2.24) is 5.32 Å². The number of allylic oxidation sites excluding steroid dienone is 8. The van der Waals surface area contributed by atoms with E-state index in [9.17, 15) is 30.3 Å². The van der Waals surface area contributed by atoms with Crippen LogP contribution in [-0.4, -0.2) is 87.5 Å². The lowest BCUT2D eigenvalue weighted by atomic mass is 9.99. The second-order valence-corrected chi connectivity index (χ2v) is 14.1. The summed E-state index contributed by atoms with van der Waals surface area (Å²) >= 11 is 0. The lowest BCUT2D eigenvalue weighted by molar-refractivity contribution is -0.302. The number of hydrogen-bond donors (Lipinski definition) is 6. The molecule has 0 radical (unpaired) electrons. The van der Waals surface area contributed by atoms with Crippen LogP contribution in [0.15, 0.2) is 48.6 Å². The van der Waals surface area contributed by atoms with Crippen LogP contribution in [0.25, 0.3) is 0 Å². The van der Waals surface area contributed by atoms with E-state index in [4.69, 9.17) is 9.47 Å². The van der Waals surface area contributed by atoms with E-state index < -0.39 is 49.5 Å². The number of aliphatic hydroxyl groups is 5. The van der Waals surface area contributed by atoms with Gasteiger partial charge in [-0.3, -0.25) is 4.79 Å². The van der Waals surface area contributed by atoms with E-state index in [1.165, 1.54) is 64.2 Å². The van der Waals surface area contributed by atoms with Crippen molar-refractivity contribution in [1.29, 1.82) is 0 Å². The van der Waals surface area contributed by atoms with Crippen molar-refractivity contribution in [2.24, 2.45) is 0 Å². The molecule has 9 heteroatoms. The minimum atomic E-state index is -1.55. The van der Waals surface area contributed by atoms with E-state index in [-0.39, 0.29) is 12.5 Å². The standard InChI is InChI=1S/C42H75NO8/c1-3-5-7-8-9-10-11-12-13-14-15-16-17-18-19-20-21-22-23-24-25-26-27-28-30-32-38(46)43-35(36(45)31-29-6-4-2)34-50-42-41(49)40(48)39(47)37(33-44)51-42/h5,7,9-10,12-13,15-16,35-37,39-42,44-45,47-49H,3-4,6,8,11,14,17-34H2,1-2H3,(H,43,46)/b7-5-,10-9-,13-12-,16-15-. The summed E-state index contributed by atoms with van der Waals surface area (Å²) in [5.41, 5.74) is 0. The molecule has 7 atom stereocenters. The van der Waals surface area contributed by atoms with E-state index in [2.05, 4.69) is 67.8 Å². The van der Waals surface area contributed by atoms with Gasteiger partial charge in [0, 0.05) is 6.42 Å². The van der Waals surface area contributed by atoms with Gasteiger partial charge in [0.05, 0.1) is 25.4 Å². The third-order valence-corrected chi connectivity index (χ3v) is 9.45. The Labute approximate surface area is 310 Å². The fourth-order valence-corrected chi connectivity index (χ4v) is 6.15. The van der Waals surface area contributed by atoms with Crippen molar-refractivity contribution in [3.8, 4) is 0 Å². The van der Waals surface area contributed by atoms with Crippen LogP contribution in [0, 0.1) is 0 Å². The summed E-state index contributed by atoms with van der Waals surface area (Å²) in [6, 6.07) is -0.716. The van der Waals surface area contributed by atoms with Crippen LogP contribution >= 0.6 is 0 Å². The second kappa shape index (κ2) is 32.8. The van der Waals surface area contributed by atoms with E-state index in [1.54, 1.807) is 0 Å². The number of ether oxygens (including phenoxy) is 2. The van der Waals surface area contributed by atoms with Crippen molar-refractivity contribution in [2.45, 2.75) is 198 Å². The Hall–Kier alpha value is -1.85. The molecule has 1 rings (SSSR count). The van der Waals surface area contributed by atoms with Crippen molar-refractivity contribution < 1.29 is 39.8 Å². The first-order chi connectivity index (χ1) is 24.8. The number of unbranched alkanes of at least 4 members (excludes halogenated alkanes) is 14. The topological polar surface area (TPSA) is 149 Å². The molecule has 1 saturated heterocycles. The van der Waals surface area contributed by atoms with E-state index in [1.807, 2.05) is 0 Å². The normalized spacial score (nSPS) is 22.5. The monoisotopic (exact) mass is 722 g/mol. The summed E-state index contributed by atoms with van der Waals surface area (Å²) in [5, 5.41) is 53.5. The zero-order valence-corrected chi connectivity index (χ0v) is 32.1. The van der Waals surface area contributed by atoms with Crippen molar-refractivity contribution in [3.63, 3.8) is 0 Å². The molecule has 0 aromatic rings. The average Bonchev–Trinajstić information content (AvgIpc) is 3.13. The predicted molar refractivity (Wildman–Crippen MR) is 207 cm³/mol. The van der Waals surface area contributed by atoms with E-state index in [0.717, 1.165) is 64.2 Å². The summed E-state index contributed by atoms with van der Waals surface area (Å²) in [6.07, 6.45) is 33.6. The first kappa shape index (κ1) is 47.2. The molecule has 1 amide bonds. The van der Waals surface area contributed by atoms with Gasteiger partial charge in [-0.25, -0.2) is 0 Å². The first-order valence-corrected chi connectivity index (χ1v) is 20.3. The van der Waals surface area contributed by atoms with Gasteiger partial charge in [0.25, 0.3) is 0 Å². The Morgan fingerprint density at radius 3 is 1.76 bits per heavy atom. The minimum Gasteiger partial charge on any atom is -0.394 e. The molecule has 6 N–H and O–H groups in total. The molecule has 1 fully saturated rings. The maximum atomic E-state index is 12.8. The van der Waals surface area contributed by atoms with Crippen molar-refractivity contribution >= 4 is 5.91 Å². The third kappa shape index (κ3) is 24.2. The molecular weight excluding hydrogens is 646 g/mol. The Morgan fingerprint density at radius 1 is 0.686 bits per heavy atom. The highest BCUT2D eigenvalue weighted by Crippen LogP contribution is 2.23. The van der Waals surface area contributed by atoms with Crippen LogP contribution in [0.5, 0.6) is 0 Å². The maximum absolute atomic E-state index is 12.8. The molecule has 9 nitrogen and oxygen atoms in total. The molecular formula is C42H75NO8. The molecule has 1 heterocycles. The smallest absolute Gasteiger partial charge is 0.220 e. The third-order valence-electron chi connectivity index (χ3n) is 9.45. The maximum Gasteiger partial charge on any atom is 0.220 e. The van der Waals surface area contributed by atoms with Crippen molar-refractivity contribution in [2.75, 3.05) is 13.2 Å². The van der Waals surface area contributed by atoms with Crippen LogP contribution in [0.2, 0.25) is 0 Å². The molecule has 0 bridgehead atoms. The zero-order valence-electron chi connectivity index (χ0n) is 32.1. The largest absolute Gasteiger partial charge is 0.394 e. The van der Waals surface area contributed by atoms with Gasteiger partial charge in [-0.2, -0.15) is 0 Å². The first-order valence-electron chi connectivity index (χ1n) is 20.3. The van der Waals surface area contributed by atoms with Gasteiger partial charge < -0.3 is 40.3 Å². The second-order valence-electron chi connectivity index (χ2n) is 14.1. The fourth-order valence-electron chi connectivity index (χ4n) is 6.15. The average molecular weight is 722 g/mol. The molecule has 0 spiro atoms. The van der Waals surface area contributed by atoms with Crippen molar-refractivity contribution in [3.05, 3.63) is 48.6 Å². The molecule has 51 heavy (non-hydrogen) atoms. The van der Waals surface area contributed by atoms with Gasteiger partial charge in [-0.1, -0.05) is 146 Å². The quantitative estimate of drug-likeness (QED) is 0.0309. The Bertz CT molecular complexity index is 936. The highest BCUT2D eigenvalue weighted by atomic mass is 16.7. The Balaban J connectivity index is 2.11. The summed E-state index contributed by atoms with van der Waals surface area (Å²) in [6.45, 7) is 3.53. The van der Waals surface area contributed by atoms with E-state index >= 15 is 0 Å². The number of carbonyl (C=O) groups excluding carboxylic acids is 1. The highest BCUT2D eigenvalue weighted by Gasteiger charge is 2.44. The van der Waals surface area contributed by atoms with Gasteiger partial charge in [0.15, 0.2) is 6.29 Å². The number of amides is 1.